The Morgan fingerprint density at radius 1 is 1.13 bits per heavy atom. The van der Waals surface area contributed by atoms with Crippen LogP contribution >= 0.6 is 23.2 Å². The predicted molar refractivity (Wildman–Crippen MR) is 148 cm³/mol. The maximum atomic E-state index is 11.8. The molecule has 1 saturated heterocycles. The second-order valence-corrected chi connectivity index (χ2v) is 9.54. The van der Waals surface area contributed by atoms with Gasteiger partial charge in [-0.15, -0.1) is 0 Å². The van der Waals surface area contributed by atoms with Gasteiger partial charge in [0.05, 0.1) is 61.5 Å². The lowest BCUT2D eigenvalue weighted by atomic mass is 10.1. The summed E-state index contributed by atoms with van der Waals surface area (Å²) in [6, 6.07) is 2.93. The molecule has 1 aliphatic heterocycles. The minimum Gasteiger partial charge on any atom is -0.495 e. The molecule has 1 unspecified atom stereocenters. The number of aromatic nitrogens is 5. The number of benzene rings is 1. The molecule has 0 aliphatic carbocycles. The highest BCUT2D eigenvalue weighted by Crippen LogP contribution is 2.46. The number of hydrogen-bond acceptors (Lipinski definition) is 9. The van der Waals surface area contributed by atoms with Gasteiger partial charge in [0, 0.05) is 42.0 Å². The third-order valence-corrected chi connectivity index (χ3v) is 7.03. The molecule has 13 heteroatoms. The molecule has 202 valence electrons. The van der Waals surface area contributed by atoms with Gasteiger partial charge in [0.15, 0.2) is 0 Å². The fraction of sp³-hybridized carbons (Fsp3) is 0.269. The number of halogens is 2. The first-order valence-corrected chi connectivity index (χ1v) is 12.6. The molecule has 1 aliphatic rings. The molecular weight excluding hydrogens is 545 g/mol. The number of pyridine rings is 1. The lowest BCUT2D eigenvalue weighted by Crippen LogP contribution is -2.45. The number of carbonyl (C=O) groups excluding carboxylic acids is 1. The molecule has 1 aromatic carbocycles. The van der Waals surface area contributed by atoms with E-state index >= 15 is 0 Å². The van der Waals surface area contributed by atoms with Gasteiger partial charge in [-0.2, -0.15) is 5.10 Å². The number of ether oxygens (including phenoxy) is 3. The second-order valence-electron chi connectivity index (χ2n) is 8.78. The summed E-state index contributed by atoms with van der Waals surface area (Å²) >= 11 is 13.4. The quantitative estimate of drug-likeness (QED) is 0.304. The van der Waals surface area contributed by atoms with Gasteiger partial charge in [0.1, 0.15) is 22.7 Å². The summed E-state index contributed by atoms with van der Waals surface area (Å²) in [5.41, 5.74) is 2.80. The standard InChI is InChI=1S/C26H25Cl2N7O4/c1-5-20(36)31-16-11-39-12-17(16)33-26-29-8-13-6-15(21-22(27)18(37-3)7-19(38-4)23(21)28)32-25(24(13)34-26)14-9-30-35(2)10-14/h5-10,16-17H,1,11-12H2,2-4H3,(H,31,36)(H,29,33,34)/t16-,17?/m0/s1. The lowest BCUT2D eigenvalue weighted by molar-refractivity contribution is -0.117. The first kappa shape index (κ1) is 26.7. The summed E-state index contributed by atoms with van der Waals surface area (Å²) in [5, 5.41) is 11.7. The predicted octanol–water partition coefficient (Wildman–Crippen LogP) is 3.90. The molecule has 11 nitrogen and oxygen atoms in total. The van der Waals surface area contributed by atoms with Crippen molar-refractivity contribution in [2.75, 3.05) is 32.8 Å². The zero-order valence-corrected chi connectivity index (χ0v) is 22.9. The highest BCUT2D eigenvalue weighted by atomic mass is 35.5. The Balaban J connectivity index is 1.63. The number of amides is 1. The highest BCUT2D eigenvalue weighted by Gasteiger charge is 2.30. The fourth-order valence-corrected chi connectivity index (χ4v) is 5.03. The van der Waals surface area contributed by atoms with Crippen molar-refractivity contribution in [3.63, 3.8) is 0 Å². The van der Waals surface area contributed by atoms with Gasteiger partial charge in [-0.1, -0.05) is 29.8 Å². The Bertz CT molecular complexity index is 1550. The van der Waals surface area contributed by atoms with Crippen LogP contribution in [0.25, 0.3) is 33.4 Å². The summed E-state index contributed by atoms with van der Waals surface area (Å²) in [5.74, 6) is 0.865. The number of rotatable bonds is 8. The molecule has 1 amide bonds. The van der Waals surface area contributed by atoms with Crippen LogP contribution in [0.15, 0.2) is 43.4 Å². The average molecular weight is 570 g/mol. The Hall–Kier alpha value is -3.93. The molecule has 0 saturated carbocycles. The van der Waals surface area contributed by atoms with Gasteiger partial charge in [0.2, 0.25) is 11.9 Å². The topological polar surface area (TPSA) is 125 Å². The zero-order chi connectivity index (χ0) is 27.7. The molecule has 0 spiro atoms. The molecule has 2 atom stereocenters. The van der Waals surface area contributed by atoms with Gasteiger partial charge in [0.25, 0.3) is 0 Å². The first-order chi connectivity index (χ1) is 18.8. The van der Waals surface area contributed by atoms with Crippen molar-refractivity contribution in [2.45, 2.75) is 12.1 Å². The molecule has 0 bridgehead atoms. The van der Waals surface area contributed by atoms with Crippen LogP contribution in [0, 0.1) is 0 Å². The van der Waals surface area contributed by atoms with E-state index < -0.39 is 0 Å². The number of nitrogens with zero attached hydrogens (tertiary/aromatic N) is 5. The van der Waals surface area contributed by atoms with Crippen molar-refractivity contribution in [3.05, 3.63) is 53.4 Å². The van der Waals surface area contributed by atoms with E-state index in [4.69, 9.17) is 47.4 Å². The molecule has 4 aromatic rings. The number of hydrogen-bond donors (Lipinski definition) is 2. The fourth-order valence-electron chi connectivity index (χ4n) is 4.34. The number of aryl methyl sites for hydroxylation is 1. The number of carbonyl (C=O) groups is 1. The molecule has 3 aromatic heterocycles. The van der Waals surface area contributed by atoms with E-state index in [2.05, 4.69) is 27.3 Å². The maximum Gasteiger partial charge on any atom is 0.243 e. The van der Waals surface area contributed by atoms with Gasteiger partial charge in [-0.05, 0) is 12.1 Å². The van der Waals surface area contributed by atoms with Crippen molar-refractivity contribution < 1.29 is 19.0 Å². The number of fused-ring (bicyclic) bond motifs is 1. The lowest BCUT2D eigenvalue weighted by Gasteiger charge is -2.20. The molecule has 1 fully saturated rings. The third-order valence-electron chi connectivity index (χ3n) is 6.28. The summed E-state index contributed by atoms with van der Waals surface area (Å²) in [4.78, 5) is 26.0. The summed E-state index contributed by atoms with van der Waals surface area (Å²) in [7, 11) is 4.84. The smallest absolute Gasteiger partial charge is 0.243 e. The monoisotopic (exact) mass is 569 g/mol. The molecule has 4 heterocycles. The van der Waals surface area contributed by atoms with E-state index in [0.717, 1.165) is 5.56 Å². The summed E-state index contributed by atoms with van der Waals surface area (Å²) < 4.78 is 18.1. The number of methoxy groups -OCH3 is 2. The van der Waals surface area contributed by atoms with Gasteiger partial charge in [-0.25, -0.2) is 15.0 Å². The zero-order valence-electron chi connectivity index (χ0n) is 21.4. The minimum atomic E-state index is -0.279. The van der Waals surface area contributed by atoms with E-state index in [0.29, 0.717) is 68.6 Å². The van der Waals surface area contributed by atoms with E-state index in [1.807, 2.05) is 13.2 Å². The van der Waals surface area contributed by atoms with Crippen LogP contribution in [0.5, 0.6) is 11.5 Å². The van der Waals surface area contributed by atoms with E-state index in [1.165, 1.54) is 20.3 Å². The van der Waals surface area contributed by atoms with E-state index in [9.17, 15) is 4.79 Å². The van der Waals surface area contributed by atoms with Crippen LogP contribution in [0.2, 0.25) is 10.0 Å². The maximum absolute atomic E-state index is 11.8. The molecule has 2 N–H and O–H groups in total. The normalized spacial score (nSPS) is 16.7. The Kier molecular flexibility index (Phi) is 7.56. The van der Waals surface area contributed by atoms with Crippen molar-refractivity contribution >= 4 is 46.0 Å². The molecule has 0 radical (unpaired) electrons. The van der Waals surface area contributed by atoms with Gasteiger partial charge in [-0.3, -0.25) is 9.48 Å². The number of nitrogens with one attached hydrogen (secondary N) is 2. The largest absolute Gasteiger partial charge is 0.495 e. The Morgan fingerprint density at radius 3 is 2.49 bits per heavy atom. The van der Waals surface area contributed by atoms with Gasteiger partial charge >= 0.3 is 0 Å². The number of anilines is 1. The summed E-state index contributed by atoms with van der Waals surface area (Å²) in [6.45, 7) is 4.25. The van der Waals surface area contributed by atoms with Crippen LogP contribution in [0.1, 0.15) is 0 Å². The van der Waals surface area contributed by atoms with E-state index in [1.54, 1.807) is 29.2 Å². The Morgan fingerprint density at radius 2 is 1.85 bits per heavy atom. The van der Waals surface area contributed by atoms with E-state index in [-0.39, 0.29) is 18.0 Å². The van der Waals surface area contributed by atoms with Crippen LogP contribution in [0.3, 0.4) is 0 Å². The van der Waals surface area contributed by atoms with Crippen molar-refractivity contribution in [3.8, 4) is 34.0 Å². The SMILES string of the molecule is C=CC(=O)N[C@H]1COCC1Nc1ncc2cc(-c3c(Cl)c(OC)cc(OC)c3Cl)nc(-c3cnn(C)c3)c2n1. The van der Waals surface area contributed by atoms with Gasteiger partial charge < -0.3 is 24.8 Å². The molecule has 39 heavy (non-hydrogen) atoms. The molecule has 5 rings (SSSR count). The summed E-state index contributed by atoms with van der Waals surface area (Å²) in [6.07, 6.45) is 6.44. The average Bonchev–Trinajstić information content (AvgIpc) is 3.56. The third kappa shape index (κ3) is 5.20. The van der Waals surface area contributed by atoms with Crippen LogP contribution in [-0.4, -0.2) is 70.2 Å². The van der Waals surface area contributed by atoms with Crippen LogP contribution in [-0.2, 0) is 16.6 Å². The Labute approximate surface area is 234 Å². The van der Waals surface area contributed by atoms with Crippen LogP contribution in [0.4, 0.5) is 5.95 Å². The second kappa shape index (κ2) is 11.0. The van der Waals surface area contributed by atoms with Crippen molar-refractivity contribution in [1.29, 1.82) is 0 Å². The first-order valence-electron chi connectivity index (χ1n) is 11.9. The molecular formula is C26H25Cl2N7O4. The van der Waals surface area contributed by atoms with Crippen LogP contribution < -0.4 is 20.1 Å². The minimum absolute atomic E-state index is 0.234. The highest BCUT2D eigenvalue weighted by molar-refractivity contribution is 6.41. The van der Waals surface area contributed by atoms with Crippen molar-refractivity contribution in [1.82, 2.24) is 30.0 Å². The van der Waals surface area contributed by atoms with Crippen molar-refractivity contribution in [2.24, 2.45) is 7.05 Å².